The maximum Gasteiger partial charge on any atom is 0.306 e. The number of carbonyl (C=O) groups is 3. The first-order chi connectivity index (χ1) is 40.0. The molecule has 0 rings (SSSR count). The predicted octanol–water partition coefficient (Wildman–Crippen LogP) is 22.7. The van der Waals surface area contributed by atoms with Gasteiger partial charge in [0.1, 0.15) is 13.2 Å². The summed E-state index contributed by atoms with van der Waals surface area (Å²) in [6.45, 7) is 6.32. The van der Waals surface area contributed by atoms with Gasteiger partial charge in [0.15, 0.2) is 6.10 Å². The molecule has 0 bridgehead atoms. The van der Waals surface area contributed by atoms with Gasteiger partial charge in [-0.05, 0) is 148 Å². The van der Waals surface area contributed by atoms with Gasteiger partial charge in [-0.25, -0.2) is 0 Å². The van der Waals surface area contributed by atoms with E-state index in [0.29, 0.717) is 19.3 Å². The normalized spacial score (nSPS) is 13.3. The Kier molecular flexibility index (Phi) is 62.9. The Hall–Kier alpha value is -5.23. The van der Waals surface area contributed by atoms with Gasteiger partial charge < -0.3 is 14.2 Å². The van der Waals surface area contributed by atoms with Crippen LogP contribution in [0.5, 0.6) is 0 Å². The standard InChI is InChI=1S/C75H118O6/c1-4-7-10-13-16-19-22-25-28-31-33-35-36-37-38-40-41-44-47-50-53-56-59-62-65-68-74(77)80-71-72(70-79-73(76)67-64-61-58-55-52-49-46-43-30-27-24-21-18-15-12-9-6-3)81-75(78)69-66-63-60-57-54-51-48-45-42-39-34-32-29-26-23-20-17-14-11-8-5-2/h7,9-10,12,16,18-19,21,23,25-28,30,32-35,37-38,41,44,46,49-50,53,55,58,72H,4-6,8,11,13-15,17,20,22,24,29,31,36,39-40,42-43,45,47-48,51-52,54,56-57,59-71H2,1-3H3/b10-7-,12-9-,19-16-,21-18-,26-23-,28-25-,30-27-,34-32-,35-33-,38-37-,44-41-,49-46-,53-50-,58-55-. The molecule has 0 aliphatic heterocycles. The highest BCUT2D eigenvalue weighted by Crippen LogP contribution is 2.14. The number of carbonyl (C=O) groups excluding carboxylic acids is 3. The zero-order chi connectivity index (χ0) is 58.5. The van der Waals surface area contributed by atoms with Crippen molar-refractivity contribution in [3.63, 3.8) is 0 Å². The van der Waals surface area contributed by atoms with Gasteiger partial charge in [-0.2, -0.15) is 0 Å². The van der Waals surface area contributed by atoms with Crippen molar-refractivity contribution in [2.24, 2.45) is 0 Å². The van der Waals surface area contributed by atoms with Crippen LogP contribution in [0.4, 0.5) is 0 Å². The second-order valence-electron chi connectivity index (χ2n) is 20.9. The van der Waals surface area contributed by atoms with Crippen LogP contribution in [0.1, 0.15) is 265 Å². The number of rotatable bonds is 57. The maximum absolute atomic E-state index is 12.9. The van der Waals surface area contributed by atoms with Gasteiger partial charge in [0.25, 0.3) is 0 Å². The first kappa shape index (κ1) is 75.8. The van der Waals surface area contributed by atoms with Crippen LogP contribution in [0.15, 0.2) is 170 Å². The largest absolute Gasteiger partial charge is 0.462 e. The van der Waals surface area contributed by atoms with E-state index in [1.54, 1.807) is 0 Å². The molecule has 0 heterocycles. The first-order valence-electron chi connectivity index (χ1n) is 32.6. The summed E-state index contributed by atoms with van der Waals surface area (Å²) < 4.78 is 16.9. The van der Waals surface area contributed by atoms with E-state index in [9.17, 15) is 14.4 Å². The van der Waals surface area contributed by atoms with Crippen molar-refractivity contribution in [3.05, 3.63) is 170 Å². The Morgan fingerprint density at radius 2 is 0.494 bits per heavy atom. The lowest BCUT2D eigenvalue weighted by Gasteiger charge is -2.18. The molecule has 0 aromatic heterocycles. The van der Waals surface area contributed by atoms with Crippen LogP contribution in [-0.2, 0) is 28.6 Å². The van der Waals surface area contributed by atoms with Crippen LogP contribution in [0.25, 0.3) is 0 Å². The lowest BCUT2D eigenvalue weighted by atomic mass is 10.1. The number of allylic oxidation sites excluding steroid dienone is 28. The molecule has 0 spiro atoms. The van der Waals surface area contributed by atoms with Crippen molar-refractivity contribution in [2.75, 3.05) is 13.2 Å². The third-order valence-electron chi connectivity index (χ3n) is 13.2. The van der Waals surface area contributed by atoms with Crippen LogP contribution in [0, 0.1) is 0 Å². The minimum absolute atomic E-state index is 0.123. The van der Waals surface area contributed by atoms with Crippen molar-refractivity contribution in [3.8, 4) is 0 Å². The molecule has 0 aromatic rings. The molecular formula is C75H118O6. The molecule has 1 atom stereocenters. The molecule has 0 aromatic carbocycles. The average molecular weight is 1120 g/mol. The molecule has 0 radical (unpaired) electrons. The summed E-state index contributed by atoms with van der Waals surface area (Å²) in [7, 11) is 0. The maximum atomic E-state index is 12.9. The van der Waals surface area contributed by atoms with E-state index in [1.807, 2.05) is 0 Å². The SMILES string of the molecule is CC/C=C\C/C=C\C/C=C\C/C=C\C/C=C\C/C=C\C/C=C\CCCCCC(=O)OCC(COC(=O)CCC/C=C\C/C=C\C/C=C\C/C=C\C/C=C\CC)OC(=O)CCCCCCCCCCC/C=C\C/C=C\CCCCCCC. The molecular weight excluding hydrogens is 997 g/mol. The lowest BCUT2D eigenvalue weighted by molar-refractivity contribution is -0.167. The highest BCUT2D eigenvalue weighted by molar-refractivity contribution is 5.71. The Labute approximate surface area is 498 Å². The summed E-state index contributed by atoms with van der Waals surface area (Å²) in [5.74, 6) is -1.02. The van der Waals surface area contributed by atoms with Gasteiger partial charge in [0, 0.05) is 19.3 Å². The van der Waals surface area contributed by atoms with Gasteiger partial charge in [0.2, 0.25) is 0 Å². The van der Waals surface area contributed by atoms with Gasteiger partial charge in [0.05, 0.1) is 0 Å². The fraction of sp³-hybridized carbons (Fsp3) is 0.587. The zero-order valence-electron chi connectivity index (χ0n) is 52.0. The fourth-order valence-electron chi connectivity index (χ4n) is 8.37. The van der Waals surface area contributed by atoms with Crippen LogP contribution in [-0.4, -0.2) is 37.2 Å². The Morgan fingerprint density at radius 1 is 0.259 bits per heavy atom. The number of ether oxygens (including phenoxy) is 3. The third kappa shape index (κ3) is 65.5. The molecule has 1 unspecified atom stereocenters. The van der Waals surface area contributed by atoms with Gasteiger partial charge in [-0.1, -0.05) is 268 Å². The van der Waals surface area contributed by atoms with Crippen molar-refractivity contribution >= 4 is 17.9 Å². The monoisotopic (exact) mass is 1110 g/mol. The fourth-order valence-corrected chi connectivity index (χ4v) is 8.37. The van der Waals surface area contributed by atoms with Crippen molar-refractivity contribution in [1.82, 2.24) is 0 Å². The number of hydrogen-bond acceptors (Lipinski definition) is 6. The summed E-state index contributed by atoms with van der Waals surface area (Å²) >= 11 is 0. The summed E-state index contributed by atoms with van der Waals surface area (Å²) in [4.78, 5) is 38.4. The molecule has 0 aliphatic rings. The van der Waals surface area contributed by atoms with Crippen molar-refractivity contribution in [2.45, 2.75) is 271 Å². The van der Waals surface area contributed by atoms with E-state index < -0.39 is 6.10 Å². The van der Waals surface area contributed by atoms with Crippen LogP contribution in [0.3, 0.4) is 0 Å². The number of hydrogen-bond donors (Lipinski definition) is 0. The minimum Gasteiger partial charge on any atom is -0.462 e. The average Bonchev–Trinajstić information content (AvgIpc) is 3.47. The Balaban J connectivity index is 4.55. The second kappa shape index (κ2) is 67.3. The molecule has 81 heavy (non-hydrogen) atoms. The molecule has 0 amide bonds. The predicted molar refractivity (Wildman–Crippen MR) is 352 cm³/mol. The minimum atomic E-state index is -0.829. The molecule has 6 nitrogen and oxygen atoms in total. The van der Waals surface area contributed by atoms with Crippen LogP contribution < -0.4 is 0 Å². The Morgan fingerprint density at radius 3 is 0.815 bits per heavy atom. The van der Waals surface area contributed by atoms with Crippen molar-refractivity contribution in [1.29, 1.82) is 0 Å². The van der Waals surface area contributed by atoms with E-state index in [2.05, 4.69) is 191 Å². The number of esters is 3. The second-order valence-corrected chi connectivity index (χ2v) is 20.9. The molecule has 0 saturated heterocycles. The molecule has 0 saturated carbocycles. The highest BCUT2D eigenvalue weighted by Gasteiger charge is 2.19. The van der Waals surface area contributed by atoms with E-state index in [1.165, 1.54) is 83.5 Å². The van der Waals surface area contributed by atoms with Gasteiger partial charge >= 0.3 is 17.9 Å². The Bertz CT molecular complexity index is 1860. The first-order valence-corrected chi connectivity index (χ1v) is 32.6. The molecule has 454 valence electrons. The van der Waals surface area contributed by atoms with Gasteiger partial charge in [-0.3, -0.25) is 14.4 Å². The van der Waals surface area contributed by atoms with E-state index in [-0.39, 0.29) is 37.5 Å². The molecule has 0 aliphatic carbocycles. The quantitative estimate of drug-likeness (QED) is 0.0261. The molecule has 0 fully saturated rings. The number of unbranched alkanes of at least 4 members (excludes halogenated alkanes) is 18. The smallest absolute Gasteiger partial charge is 0.306 e. The van der Waals surface area contributed by atoms with Crippen molar-refractivity contribution < 1.29 is 28.6 Å². The highest BCUT2D eigenvalue weighted by atomic mass is 16.6. The van der Waals surface area contributed by atoms with Crippen LogP contribution >= 0.6 is 0 Å². The van der Waals surface area contributed by atoms with E-state index in [0.717, 1.165) is 135 Å². The lowest BCUT2D eigenvalue weighted by Crippen LogP contribution is -2.30. The van der Waals surface area contributed by atoms with E-state index in [4.69, 9.17) is 14.2 Å². The molecule has 6 heteroatoms. The zero-order valence-corrected chi connectivity index (χ0v) is 52.0. The summed E-state index contributed by atoms with van der Waals surface area (Å²) in [6.07, 6.45) is 99.3. The molecule has 0 N–H and O–H groups in total. The third-order valence-corrected chi connectivity index (χ3v) is 13.2. The summed E-state index contributed by atoms with van der Waals surface area (Å²) in [5.41, 5.74) is 0. The van der Waals surface area contributed by atoms with E-state index >= 15 is 0 Å². The summed E-state index contributed by atoms with van der Waals surface area (Å²) in [6, 6.07) is 0. The topological polar surface area (TPSA) is 78.9 Å². The van der Waals surface area contributed by atoms with Crippen LogP contribution in [0.2, 0.25) is 0 Å². The summed E-state index contributed by atoms with van der Waals surface area (Å²) in [5, 5.41) is 0. The van der Waals surface area contributed by atoms with Gasteiger partial charge in [-0.15, -0.1) is 0 Å².